The Kier molecular flexibility index (Phi) is 5.67. The molecular formula is C23H21NO3. The zero-order chi connectivity index (χ0) is 19.2. The van der Waals surface area contributed by atoms with Crippen LogP contribution in [0.25, 0.3) is 11.1 Å². The van der Waals surface area contributed by atoms with Gasteiger partial charge in [-0.15, -0.1) is 0 Å². The first kappa shape index (κ1) is 18.4. The van der Waals surface area contributed by atoms with Gasteiger partial charge in [0.15, 0.2) is 11.9 Å². The van der Waals surface area contributed by atoms with Gasteiger partial charge in [0.2, 0.25) is 0 Å². The van der Waals surface area contributed by atoms with Crippen molar-refractivity contribution in [3.05, 3.63) is 84.4 Å². The summed E-state index contributed by atoms with van der Waals surface area (Å²) in [6.45, 7) is 3.21. The molecule has 0 spiro atoms. The summed E-state index contributed by atoms with van der Waals surface area (Å²) in [5.41, 5.74) is 3.45. The standard InChI is InChI=1S/C23H21NO3/c1-16(25)18-8-12-21(13-9-18)24-23(26)17(2)27-22-14-10-20(11-15-22)19-6-4-3-5-7-19/h3-15,17H,1-2H3,(H,24,26)/t17-/m0/s1. The van der Waals surface area contributed by atoms with Crippen molar-refractivity contribution in [1.29, 1.82) is 0 Å². The minimum Gasteiger partial charge on any atom is -0.481 e. The summed E-state index contributed by atoms with van der Waals surface area (Å²) in [5, 5.41) is 2.79. The summed E-state index contributed by atoms with van der Waals surface area (Å²) < 4.78 is 5.74. The number of amides is 1. The number of carbonyl (C=O) groups is 2. The zero-order valence-electron chi connectivity index (χ0n) is 15.3. The monoisotopic (exact) mass is 359 g/mol. The van der Waals surface area contributed by atoms with E-state index >= 15 is 0 Å². The van der Waals surface area contributed by atoms with Crippen LogP contribution >= 0.6 is 0 Å². The van der Waals surface area contributed by atoms with E-state index in [-0.39, 0.29) is 11.7 Å². The van der Waals surface area contributed by atoms with Crippen molar-refractivity contribution < 1.29 is 14.3 Å². The molecule has 0 aliphatic heterocycles. The molecular weight excluding hydrogens is 338 g/mol. The van der Waals surface area contributed by atoms with Gasteiger partial charge in [0.05, 0.1) is 0 Å². The highest BCUT2D eigenvalue weighted by Crippen LogP contribution is 2.22. The van der Waals surface area contributed by atoms with E-state index in [1.54, 1.807) is 31.2 Å². The van der Waals surface area contributed by atoms with Crippen molar-refractivity contribution in [2.45, 2.75) is 20.0 Å². The first-order valence-electron chi connectivity index (χ1n) is 8.77. The maximum absolute atomic E-state index is 12.3. The third-order valence-electron chi connectivity index (χ3n) is 4.20. The molecule has 27 heavy (non-hydrogen) atoms. The van der Waals surface area contributed by atoms with Crippen LogP contribution < -0.4 is 10.1 Å². The second-order valence-corrected chi connectivity index (χ2v) is 6.27. The van der Waals surface area contributed by atoms with Gasteiger partial charge in [-0.25, -0.2) is 0 Å². The third-order valence-corrected chi connectivity index (χ3v) is 4.20. The van der Waals surface area contributed by atoms with Crippen LogP contribution in [0.1, 0.15) is 24.2 Å². The first-order valence-corrected chi connectivity index (χ1v) is 8.77. The molecule has 0 heterocycles. The quantitative estimate of drug-likeness (QED) is 0.633. The molecule has 3 rings (SSSR count). The number of nitrogens with one attached hydrogen (secondary N) is 1. The van der Waals surface area contributed by atoms with Gasteiger partial charge < -0.3 is 10.1 Å². The molecule has 1 N–H and O–H groups in total. The molecule has 0 unspecified atom stereocenters. The van der Waals surface area contributed by atoms with Crippen LogP contribution in [0, 0.1) is 0 Å². The number of carbonyl (C=O) groups excluding carboxylic acids is 2. The lowest BCUT2D eigenvalue weighted by Gasteiger charge is -2.15. The number of hydrogen-bond acceptors (Lipinski definition) is 3. The van der Waals surface area contributed by atoms with Crippen LogP contribution in [-0.4, -0.2) is 17.8 Å². The summed E-state index contributed by atoms with van der Waals surface area (Å²) in [6, 6.07) is 24.5. The highest BCUT2D eigenvalue weighted by molar-refractivity contribution is 5.96. The third kappa shape index (κ3) is 4.82. The second-order valence-electron chi connectivity index (χ2n) is 6.27. The van der Waals surface area contributed by atoms with Crippen molar-refractivity contribution in [3.63, 3.8) is 0 Å². The van der Waals surface area contributed by atoms with Crippen LogP contribution in [0.3, 0.4) is 0 Å². The minimum absolute atomic E-state index is 0.0106. The number of rotatable bonds is 6. The SMILES string of the molecule is CC(=O)c1ccc(NC(=O)[C@H](C)Oc2ccc(-c3ccccc3)cc2)cc1. The fourth-order valence-corrected chi connectivity index (χ4v) is 2.65. The molecule has 1 amide bonds. The molecule has 0 fully saturated rings. The molecule has 3 aromatic rings. The summed E-state index contributed by atoms with van der Waals surface area (Å²) in [6.07, 6.45) is -0.653. The predicted octanol–water partition coefficient (Wildman–Crippen LogP) is 4.96. The fourth-order valence-electron chi connectivity index (χ4n) is 2.65. The maximum Gasteiger partial charge on any atom is 0.265 e. The molecule has 136 valence electrons. The number of Topliss-reactive ketones (excluding diaryl/α,β-unsaturated/α-hetero) is 1. The number of ether oxygens (including phenoxy) is 1. The second kappa shape index (κ2) is 8.32. The molecule has 4 nitrogen and oxygen atoms in total. The van der Waals surface area contributed by atoms with Crippen molar-refractivity contribution in [2.75, 3.05) is 5.32 Å². The first-order chi connectivity index (χ1) is 13.0. The van der Waals surface area contributed by atoms with E-state index in [0.29, 0.717) is 17.0 Å². The number of hydrogen-bond donors (Lipinski definition) is 1. The van der Waals surface area contributed by atoms with Gasteiger partial charge in [-0.1, -0.05) is 42.5 Å². The van der Waals surface area contributed by atoms with E-state index in [9.17, 15) is 9.59 Å². The summed E-state index contributed by atoms with van der Waals surface area (Å²) in [7, 11) is 0. The Morgan fingerprint density at radius 2 is 1.41 bits per heavy atom. The van der Waals surface area contributed by atoms with Gasteiger partial charge in [0.25, 0.3) is 5.91 Å². The minimum atomic E-state index is -0.653. The molecule has 0 saturated carbocycles. The highest BCUT2D eigenvalue weighted by atomic mass is 16.5. The lowest BCUT2D eigenvalue weighted by molar-refractivity contribution is -0.122. The molecule has 0 saturated heterocycles. The number of ketones is 1. The Labute approximate surface area is 158 Å². The van der Waals surface area contributed by atoms with E-state index in [1.165, 1.54) is 6.92 Å². The van der Waals surface area contributed by atoms with Crippen LogP contribution in [0.5, 0.6) is 5.75 Å². The Bertz CT molecular complexity index is 916. The predicted molar refractivity (Wildman–Crippen MR) is 107 cm³/mol. The molecule has 4 heteroatoms. The van der Waals surface area contributed by atoms with Gasteiger partial charge in [0, 0.05) is 11.3 Å². The molecule has 0 aliphatic carbocycles. The molecule has 1 atom stereocenters. The summed E-state index contributed by atoms with van der Waals surface area (Å²) >= 11 is 0. The normalized spacial score (nSPS) is 11.5. The largest absolute Gasteiger partial charge is 0.481 e. The van der Waals surface area contributed by atoms with Crippen molar-refractivity contribution in [2.24, 2.45) is 0 Å². The summed E-state index contributed by atoms with van der Waals surface area (Å²) in [5.74, 6) is 0.366. The smallest absolute Gasteiger partial charge is 0.265 e. The number of anilines is 1. The average molecular weight is 359 g/mol. The Morgan fingerprint density at radius 3 is 2.00 bits per heavy atom. The molecule has 0 aromatic heterocycles. The van der Waals surface area contributed by atoms with Crippen molar-refractivity contribution in [3.8, 4) is 16.9 Å². The average Bonchev–Trinajstić information content (AvgIpc) is 2.69. The molecule has 0 bridgehead atoms. The van der Waals surface area contributed by atoms with Crippen LogP contribution in [-0.2, 0) is 4.79 Å². The summed E-state index contributed by atoms with van der Waals surface area (Å²) in [4.78, 5) is 23.6. The van der Waals surface area contributed by atoms with E-state index in [4.69, 9.17) is 4.74 Å². The van der Waals surface area contributed by atoms with Crippen LogP contribution in [0.4, 0.5) is 5.69 Å². The van der Waals surface area contributed by atoms with Crippen molar-refractivity contribution in [1.82, 2.24) is 0 Å². The van der Waals surface area contributed by atoms with E-state index < -0.39 is 6.10 Å². The lowest BCUT2D eigenvalue weighted by Crippen LogP contribution is -2.30. The van der Waals surface area contributed by atoms with Gasteiger partial charge in [-0.05, 0) is 61.4 Å². The molecule has 3 aromatic carbocycles. The fraction of sp³-hybridized carbons (Fsp3) is 0.130. The lowest BCUT2D eigenvalue weighted by atomic mass is 10.1. The van der Waals surface area contributed by atoms with E-state index in [1.807, 2.05) is 54.6 Å². The molecule has 0 aliphatic rings. The zero-order valence-corrected chi connectivity index (χ0v) is 15.3. The molecule has 0 radical (unpaired) electrons. The van der Waals surface area contributed by atoms with Gasteiger partial charge >= 0.3 is 0 Å². The van der Waals surface area contributed by atoms with Crippen LogP contribution in [0.2, 0.25) is 0 Å². The van der Waals surface area contributed by atoms with Gasteiger partial charge in [-0.3, -0.25) is 9.59 Å². The van der Waals surface area contributed by atoms with Crippen LogP contribution in [0.15, 0.2) is 78.9 Å². The Morgan fingerprint density at radius 1 is 0.815 bits per heavy atom. The van der Waals surface area contributed by atoms with E-state index in [2.05, 4.69) is 5.32 Å². The van der Waals surface area contributed by atoms with E-state index in [0.717, 1.165) is 11.1 Å². The van der Waals surface area contributed by atoms with Crippen molar-refractivity contribution >= 4 is 17.4 Å². The Hall–Kier alpha value is -3.40. The maximum atomic E-state index is 12.3. The van der Waals surface area contributed by atoms with Gasteiger partial charge in [0.1, 0.15) is 5.75 Å². The highest BCUT2D eigenvalue weighted by Gasteiger charge is 2.15. The number of benzene rings is 3. The van der Waals surface area contributed by atoms with Gasteiger partial charge in [-0.2, -0.15) is 0 Å². The Balaban J connectivity index is 1.60. The topological polar surface area (TPSA) is 55.4 Å².